The van der Waals surface area contributed by atoms with E-state index in [0.717, 1.165) is 19.3 Å². The zero-order valence-corrected chi connectivity index (χ0v) is 13.3. The molecule has 2 aliphatic heterocycles. The monoisotopic (exact) mass is 330 g/mol. The molecule has 2 heterocycles. The van der Waals surface area contributed by atoms with Crippen LogP contribution in [0.2, 0.25) is 0 Å². The largest absolute Gasteiger partial charge is 0.393 e. The zero-order valence-electron chi connectivity index (χ0n) is 11.7. The van der Waals surface area contributed by atoms with Crippen LogP contribution in [0.3, 0.4) is 0 Å². The Balaban J connectivity index is 1.81. The number of aliphatic hydroxyl groups excluding tert-OH is 1. The first-order chi connectivity index (χ1) is 8.91. The summed E-state index contributed by atoms with van der Waals surface area (Å²) in [7, 11) is 0. The first-order valence-corrected chi connectivity index (χ1v) is 8.15. The van der Waals surface area contributed by atoms with E-state index in [2.05, 4.69) is 35.9 Å². The van der Waals surface area contributed by atoms with Gasteiger partial charge >= 0.3 is 0 Å². The van der Waals surface area contributed by atoms with Gasteiger partial charge in [-0.2, -0.15) is 0 Å². The van der Waals surface area contributed by atoms with Crippen molar-refractivity contribution in [2.24, 2.45) is 11.3 Å². The van der Waals surface area contributed by atoms with Gasteiger partial charge in [-0.25, -0.2) is 9.78 Å². The van der Waals surface area contributed by atoms with Crippen LogP contribution in [-0.2, 0) is 9.78 Å². The van der Waals surface area contributed by atoms with Gasteiger partial charge in [-0.1, -0.05) is 35.9 Å². The molecule has 2 fully saturated rings. The molecule has 0 spiro atoms. The van der Waals surface area contributed by atoms with Gasteiger partial charge in [0.05, 0.1) is 6.61 Å². The lowest BCUT2D eigenvalue weighted by Crippen LogP contribution is -2.56. The molecule has 4 atom stereocenters. The lowest BCUT2D eigenvalue weighted by atomic mass is 9.63. The summed E-state index contributed by atoms with van der Waals surface area (Å²) in [5.74, 6) is 0.504. The first kappa shape index (κ1) is 14.1. The fraction of sp³-hybridized carbons (Fsp3) is 0.867. The van der Waals surface area contributed by atoms with Crippen LogP contribution >= 0.6 is 15.9 Å². The van der Waals surface area contributed by atoms with Crippen molar-refractivity contribution in [2.75, 3.05) is 6.61 Å². The molecule has 1 N–H and O–H groups in total. The third-order valence-electron chi connectivity index (χ3n) is 5.32. The number of rotatable bonds is 2. The number of halogens is 1. The molecule has 19 heavy (non-hydrogen) atoms. The van der Waals surface area contributed by atoms with Crippen LogP contribution < -0.4 is 0 Å². The fourth-order valence-corrected chi connectivity index (χ4v) is 4.20. The van der Waals surface area contributed by atoms with E-state index in [1.165, 1.54) is 12.8 Å². The Labute approximate surface area is 123 Å². The van der Waals surface area contributed by atoms with Crippen LogP contribution in [0.25, 0.3) is 0 Å². The van der Waals surface area contributed by atoms with Gasteiger partial charge in [0.25, 0.3) is 0 Å². The molecule has 3 nitrogen and oxygen atoms in total. The molecule has 2 unspecified atom stereocenters. The lowest BCUT2D eigenvalue weighted by Gasteiger charge is -2.53. The molecule has 0 aromatic carbocycles. The zero-order chi connectivity index (χ0) is 13.7. The number of aliphatic hydroxyl groups is 1. The number of hydrogen-bond acceptors (Lipinski definition) is 3. The summed E-state index contributed by atoms with van der Waals surface area (Å²) in [6, 6.07) is 0. The molecule has 2 aliphatic carbocycles. The fourth-order valence-electron chi connectivity index (χ4n) is 3.75. The number of alkyl halides is 1. The van der Waals surface area contributed by atoms with E-state index in [-0.39, 0.29) is 17.6 Å². The molecule has 0 radical (unpaired) electrons. The average molecular weight is 331 g/mol. The highest BCUT2D eigenvalue weighted by molar-refractivity contribution is 9.09. The standard InChI is InChI=1S/C15H23BrO3/c1-13(2)9-11(3-4-12(13)16)15-7-5-14(10-17,6-8-15)18-19-15/h5,7,11-12,17H,3-4,6,8-10H2,1-2H3/t11?,12?,14-,15+/m1/s1. The van der Waals surface area contributed by atoms with E-state index in [1.54, 1.807) is 0 Å². The van der Waals surface area contributed by atoms with Crippen LogP contribution in [-0.4, -0.2) is 27.7 Å². The second-order valence-corrected chi connectivity index (χ2v) is 8.22. The Morgan fingerprint density at radius 1 is 1.21 bits per heavy atom. The molecule has 0 aromatic heterocycles. The third kappa shape index (κ3) is 2.21. The van der Waals surface area contributed by atoms with Crippen LogP contribution in [0.15, 0.2) is 12.2 Å². The summed E-state index contributed by atoms with van der Waals surface area (Å²) < 4.78 is 0. The van der Waals surface area contributed by atoms with Gasteiger partial charge in [0.1, 0.15) is 11.2 Å². The summed E-state index contributed by atoms with van der Waals surface area (Å²) in [4.78, 5) is 11.9. The maximum Gasteiger partial charge on any atom is 0.145 e. The first-order valence-electron chi connectivity index (χ1n) is 7.24. The molecule has 4 rings (SSSR count). The molecule has 4 heteroatoms. The third-order valence-corrected chi connectivity index (χ3v) is 7.02. The Morgan fingerprint density at radius 2 is 2.00 bits per heavy atom. The molecule has 0 aromatic rings. The molecule has 2 bridgehead atoms. The van der Waals surface area contributed by atoms with E-state index < -0.39 is 5.60 Å². The summed E-state index contributed by atoms with van der Waals surface area (Å²) >= 11 is 3.81. The van der Waals surface area contributed by atoms with Crippen molar-refractivity contribution in [3.63, 3.8) is 0 Å². The predicted molar refractivity (Wildman–Crippen MR) is 76.9 cm³/mol. The molecule has 108 valence electrons. The van der Waals surface area contributed by atoms with Crippen molar-refractivity contribution in [3.05, 3.63) is 12.2 Å². The van der Waals surface area contributed by atoms with Gasteiger partial charge in [0, 0.05) is 4.83 Å². The second-order valence-electron chi connectivity index (χ2n) is 7.11. The number of fused-ring (bicyclic) bond motifs is 2. The van der Waals surface area contributed by atoms with Gasteiger partial charge in [-0.05, 0) is 49.5 Å². The van der Waals surface area contributed by atoms with Crippen molar-refractivity contribution >= 4 is 15.9 Å². The normalized spacial score (nSPS) is 48.4. The van der Waals surface area contributed by atoms with Gasteiger partial charge < -0.3 is 5.11 Å². The Kier molecular flexibility index (Phi) is 3.37. The maximum absolute atomic E-state index is 9.42. The average Bonchev–Trinajstić information content (AvgIpc) is 2.44. The van der Waals surface area contributed by atoms with Crippen LogP contribution in [0.1, 0.15) is 46.0 Å². The molecular formula is C15H23BrO3. The van der Waals surface area contributed by atoms with Crippen molar-refractivity contribution in [2.45, 2.75) is 62.0 Å². The Hall–Kier alpha value is 0.100. The Bertz CT molecular complexity index is 383. The summed E-state index contributed by atoms with van der Waals surface area (Å²) in [6.07, 6.45) is 9.48. The van der Waals surface area contributed by atoms with E-state index >= 15 is 0 Å². The van der Waals surface area contributed by atoms with E-state index in [4.69, 9.17) is 9.78 Å². The minimum atomic E-state index is -0.579. The maximum atomic E-state index is 9.42. The predicted octanol–water partition coefficient (Wildman–Crippen LogP) is 3.36. The van der Waals surface area contributed by atoms with Crippen LogP contribution in [0.4, 0.5) is 0 Å². The molecule has 4 aliphatic rings. The van der Waals surface area contributed by atoms with Gasteiger partial charge in [0.2, 0.25) is 0 Å². The van der Waals surface area contributed by atoms with Gasteiger partial charge in [-0.15, -0.1) is 0 Å². The quantitative estimate of drug-likeness (QED) is 0.479. The summed E-state index contributed by atoms with van der Waals surface area (Å²) in [6.45, 7) is 4.64. The van der Waals surface area contributed by atoms with E-state index in [0.29, 0.717) is 10.7 Å². The van der Waals surface area contributed by atoms with Crippen LogP contribution in [0, 0.1) is 11.3 Å². The molecule has 0 amide bonds. The highest BCUT2D eigenvalue weighted by Gasteiger charge is 2.53. The van der Waals surface area contributed by atoms with Crippen molar-refractivity contribution in [3.8, 4) is 0 Å². The topological polar surface area (TPSA) is 38.7 Å². The van der Waals surface area contributed by atoms with Crippen molar-refractivity contribution in [1.82, 2.24) is 0 Å². The highest BCUT2D eigenvalue weighted by Crippen LogP contribution is 2.53. The molecule has 1 saturated carbocycles. The Morgan fingerprint density at radius 3 is 2.47 bits per heavy atom. The minimum absolute atomic E-state index is 0.000780. The lowest BCUT2D eigenvalue weighted by molar-refractivity contribution is -0.441. The smallest absolute Gasteiger partial charge is 0.145 e. The minimum Gasteiger partial charge on any atom is -0.393 e. The van der Waals surface area contributed by atoms with Gasteiger partial charge in [0.15, 0.2) is 0 Å². The second kappa shape index (κ2) is 4.55. The highest BCUT2D eigenvalue weighted by atomic mass is 79.9. The van der Waals surface area contributed by atoms with Crippen LogP contribution in [0.5, 0.6) is 0 Å². The number of hydrogen-bond donors (Lipinski definition) is 1. The summed E-state index contributed by atoms with van der Waals surface area (Å²) in [5.41, 5.74) is -0.553. The molecular weight excluding hydrogens is 308 g/mol. The van der Waals surface area contributed by atoms with Gasteiger partial charge in [-0.3, -0.25) is 0 Å². The van der Waals surface area contributed by atoms with E-state index in [9.17, 15) is 5.11 Å². The molecule has 1 saturated heterocycles. The SMILES string of the molecule is CC1(C)CC([C@]23C=C[C@](CO)(CC2)OO3)CCC1Br. The van der Waals surface area contributed by atoms with Crippen molar-refractivity contribution < 1.29 is 14.9 Å². The summed E-state index contributed by atoms with van der Waals surface area (Å²) in [5, 5.41) is 9.42. The van der Waals surface area contributed by atoms with Crippen molar-refractivity contribution in [1.29, 1.82) is 0 Å². The van der Waals surface area contributed by atoms with E-state index in [1.807, 2.05) is 6.08 Å².